The van der Waals surface area contributed by atoms with E-state index in [4.69, 9.17) is 0 Å². The SMILES string of the molecule is CCc1ccc2c(c1)[C@@H]([As]C[C@H](O)[C@H](CC1CCCCC1)NC=O)CS(O)(O)C2. The summed E-state index contributed by atoms with van der Waals surface area (Å²) in [5.41, 5.74) is 3.56. The molecule has 3 rings (SSSR count). The quantitative estimate of drug-likeness (QED) is 0.314. The molecule has 1 aliphatic heterocycles. The van der Waals surface area contributed by atoms with Crippen molar-refractivity contribution >= 4 is 32.8 Å². The Hall–Kier alpha value is -0.522. The van der Waals surface area contributed by atoms with Gasteiger partial charge >= 0.3 is 183 Å². The van der Waals surface area contributed by atoms with Crippen LogP contribution < -0.4 is 5.32 Å². The van der Waals surface area contributed by atoms with Crippen molar-refractivity contribution in [3.05, 3.63) is 34.9 Å². The fraction of sp³-hybridized carbons (Fsp3) is 0.682. The first-order valence-electron chi connectivity index (χ1n) is 10.8. The number of carbonyl (C=O) groups is 1. The molecule has 1 aromatic rings. The number of nitrogens with one attached hydrogen (secondary N) is 1. The molecule has 1 radical (unpaired) electrons. The number of benzene rings is 1. The van der Waals surface area contributed by atoms with Crippen LogP contribution in [0.25, 0.3) is 0 Å². The van der Waals surface area contributed by atoms with Gasteiger partial charge in [-0.05, 0) is 0 Å². The second-order valence-corrected chi connectivity index (χ2v) is 13.6. The van der Waals surface area contributed by atoms with Crippen molar-refractivity contribution in [1.29, 1.82) is 0 Å². The van der Waals surface area contributed by atoms with Crippen LogP contribution in [-0.2, 0) is 17.0 Å². The number of aliphatic hydroxyl groups is 1. The fourth-order valence-electron chi connectivity index (χ4n) is 4.68. The zero-order valence-electron chi connectivity index (χ0n) is 17.3. The average Bonchev–Trinajstić information content (AvgIpc) is 2.71. The standard InChI is InChI=1S/C22H35AsNO4S/c1-2-16-8-9-18-13-29(27,28)14-20(19(18)10-16)23-12-22(26)21(24-15-25)11-17-6-4-3-5-7-17/h8-10,15,17,20-22,26-28H,2-7,11-14H2,1H3,(H,24,25)/t20-,21-,22-/m0/s1. The molecule has 1 heterocycles. The summed E-state index contributed by atoms with van der Waals surface area (Å²) < 4.78 is 21.0. The van der Waals surface area contributed by atoms with Gasteiger partial charge in [-0.3, -0.25) is 0 Å². The Bertz CT molecular complexity index is 681. The van der Waals surface area contributed by atoms with Crippen LogP contribution in [0.5, 0.6) is 0 Å². The van der Waals surface area contributed by atoms with E-state index in [0.717, 1.165) is 18.4 Å². The minimum atomic E-state index is -2.60. The molecule has 1 aromatic carbocycles. The van der Waals surface area contributed by atoms with E-state index in [-0.39, 0.29) is 26.5 Å². The second-order valence-electron chi connectivity index (χ2n) is 8.58. The first kappa shape index (κ1) is 23.1. The van der Waals surface area contributed by atoms with Crippen molar-refractivity contribution in [1.82, 2.24) is 5.32 Å². The van der Waals surface area contributed by atoms with Gasteiger partial charge in [-0.25, -0.2) is 0 Å². The van der Waals surface area contributed by atoms with Crippen LogP contribution in [0.3, 0.4) is 0 Å². The van der Waals surface area contributed by atoms with Crippen LogP contribution >= 0.6 is 10.6 Å². The Balaban J connectivity index is 1.65. The zero-order valence-corrected chi connectivity index (χ0v) is 20.0. The van der Waals surface area contributed by atoms with Crippen molar-refractivity contribution in [2.75, 3.05) is 5.75 Å². The molecule has 5 nitrogen and oxygen atoms in total. The van der Waals surface area contributed by atoms with E-state index in [1.54, 1.807) is 0 Å². The van der Waals surface area contributed by atoms with E-state index in [2.05, 4.69) is 24.4 Å². The summed E-state index contributed by atoms with van der Waals surface area (Å²) in [4.78, 5) is 11.1. The molecule has 3 atom stereocenters. The summed E-state index contributed by atoms with van der Waals surface area (Å²) in [6.45, 7) is 2.13. The topological polar surface area (TPSA) is 89.8 Å². The Labute approximate surface area is 183 Å². The molecule has 7 heteroatoms. The Morgan fingerprint density at radius 2 is 2.03 bits per heavy atom. The van der Waals surface area contributed by atoms with Gasteiger partial charge in [0.25, 0.3) is 0 Å². The second kappa shape index (κ2) is 10.7. The van der Waals surface area contributed by atoms with E-state index in [0.29, 0.717) is 29.0 Å². The number of amides is 1. The molecule has 0 spiro atoms. The molecule has 0 aromatic heterocycles. The van der Waals surface area contributed by atoms with E-state index < -0.39 is 16.7 Å². The van der Waals surface area contributed by atoms with Crippen molar-refractivity contribution in [2.24, 2.45) is 5.92 Å². The molecule has 163 valence electrons. The monoisotopic (exact) mass is 484 g/mol. The first-order chi connectivity index (χ1) is 13.9. The van der Waals surface area contributed by atoms with Crippen molar-refractivity contribution in [3.8, 4) is 0 Å². The van der Waals surface area contributed by atoms with Gasteiger partial charge in [-0.15, -0.1) is 0 Å². The normalized spacial score (nSPS) is 25.3. The summed E-state index contributed by atoms with van der Waals surface area (Å²) in [6.07, 6.45) is 8.12. The van der Waals surface area contributed by atoms with Crippen molar-refractivity contribution in [2.45, 2.75) is 79.7 Å². The molecule has 0 unspecified atom stereocenters. The molecule has 4 N–H and O–H groups in total. The number of aryl methyl sites for hydroxylation is 1. The Morgan fingerprint density at radius 3 is 2.72 bits per heavy atom. The van der Waals surface area contributed by atoms with E-state index in [9.17, 15) is 19.0 Å². The van der Waals surface area contributed by atoms with Crippen LogP contribution in [0.1, 0.15) is 66.8 Å². The van der Waals surface area contributed by atoms with Crippen LogP contribution in [-0.4, -0.2) is 54.3 Å². The average molecular weight is 485 g/mol. The van der Waals surface area contributed by atoms with Gasteiger partial charge in [0, 0.05) is 0 Å². The maximum absolute atomic E-state index is 11.1. The number of fused-ring (bicyclic) bond motifs is 1. The molecule has 1 saturated carbocycles. The third-order valence-corrected chi connectivity index (χ3v) is 11.7. The van der Waals surface area contributed by atoms with Gasteiger partial charge < -0.3 is 0 Å². The predicted molar refractivity (Wildman–Crippen MR) is 121 cm³/mol. The van der Waals surface area contributed by atoms with Gasteiger partial charge in [0.05, 0.1) is 0 Å². The van der Waals surface area contributed by atoms with Crippen molar-refractivity contribution < 1.29 is 19.0 Å². The maximum atomic E-state index is 11.1. The fourth-order valence-corrected chi connectivity index (χ4v) is 10.9. The molecule has 1 aliphatic carbocycles. The molecular formula is C22H35AsNO4S. The summed E-state index contributed by atoms with van der Waals surface area (Å²) >= 11 is -0.305. The first-order valence-corrected chi connectivity index (χ1v) is 15.1. The van der Waals surface area contributed by atoms with E-state index in [1.807, 2.05) is 6.07 Å². The van der Waals surface area contributed by atoms with Gasteiger partial charge in [0.1, 0.15) is 0 Å². The van der Waals surface area contributed by atoms with Crippen LogP contribution in [0.15, 0.2) is 18.2 Å². The van der Waals surface area contributed by atoms with E-state index >= 15 is 0 Å². The van der Waals surface area contributed by atoms with Gasteiger partial charge in [-0.2, -0.15) is 0 Å². The molecule has 29 heavy (non-hydrogen) atoms. The minimum absolute atomic E-state index is 0.132. The zero-order chi connectivity index (χ0) is 20.9. The summed E-state index contributed by atoms with van der Waals surface area (Å²) in [5.74, 6) is 1.35. The van der Waals surface area contributed by atoms with Gasteiger partial charge in [-0.1, -0.05) is 0 Å². The number of hydrogen-bond donors (Lipinski definition) is 4. The van der Waals surface area contributed by atoms with E-state index in [1.165, 1.54) is 43.2 Å². The molecule has 0 bridgehead atoms. The van der Waals surface area contributed by atoms with Crippen molar-refractivity contribution in [3.63, 3.8) is 0 Å². The molecule has 1 fully saturated rings. The summed E-state index contributed by atoms with van der Waals surface area (Å²) in [7, 11) is -2.60. The third-order valence-electron chi connectivity index (χ3n) is 6.36. The summed E-state index contributed by atoms with van der Waals surface area (Å²) in [6, 6.07) is 6.15. The van der Waals surface area contributed by atoms with Gasteiger partial charge in [0.2, 0.25) is 0 Å². The molecular weight excluding hydrogens is 449 g/mol. The molecule has 1 amide bonds. The number of aliphatic hydroxyl groups excluding tert-OH is 1. The molecule has 0 saturated heterocycles. The number of carbonyl (C=O) groups excluding carboxylic acids is 1. The molecule has 2 aliphatic rings. The van der Waals surface area contributed by atoms with Gasteiger partial charge in [0.15, 0.2) is 0 Å². The Morgan fingerprint density at radius 1 is 1.28 bits per heavy atom. The number of rotatable bonds is 9. The third kappa shape index (κ3) is 6.48. The van der Waals surface area contributed by atoms with Crippen LogP contribution in [0.4, 0.5) is 0 Å². The number of hydrogen-bond acceptors (Lipinski definition) is 4. The summed E-state index contributed by atoms with van der Waals surface area (Å²) in [5, 5.41) is 14.4. The van der Waals surface area contributed by atoms with Crippen LogP contribution in [0, 0.1) is 5.92 Å². The predicted octanol–water partition coefficient (Wildman–Crippen LogP) is 4.12. The Kier molecular flexibility index (Phi) is 8.52. The van der Waals surface area contributed by atoms with Crippen LogP contribution in [0.2, 0.25) is 5.21 Å².